The van der Waals surface area contributed by atoms with Gasteiger partial charge in [0.05, 0.1) is 18.6 Å². The lowest BCUT2D eigenvalue weighted by Crippen LogP contribution is -2.06. The Hall–Kier alpha value is -1.62. The fourth-order valence-corrected chi connectivity index (χ4v) is 3.60. The minimum Gasteiger partial charge on any atom is -0.508 e. The Morgan fingerprint density at radius 2 is 1.45 bits per heavy atom. The van der Waals surface area contributed by atoms with Gasteiger partial charge in [-0.05, 0) is 19.3 Å². The van der Waals surface area contributed by atoms with Crippen LogP contribution in [-0.4, -0.2) is 22.1 Å². The second kappa shape index (κ2) is 16.2. The Bertz CT molecular complexity index is 608. The number of aliphatic hydroxyl groups is 1. The normalized spacial score (nSPS) is 12.2. The molecule has 0 aliphatic heterocycles. The third-order valence-corrected chi connectivity index (χ3v) is 5.31. The zero-order chi connectivity index (χ0) is 21.3. The quantitative estimate of drug-likeness (QED) is 0.305. The second-order valence-electron chi connectivity index (χ2n) is 8.19. The molecule has 0 aliphatic rings. The first-order valence-corrected chi connectivity index (χ1v) is 11.5. The van der Waals surface area contributed by atoms with E-state index >= 15 is 0 Å². The van der Waals surface area contributed by atoms with E-state index in [0.717, 1.165) is 51.0 Å². The number of hydrogen-bond donors (Lipinski definition) is 2. The minimum absolute atomic E-state index is 0.0343. The highest BCUT2D eigenvalue weighted by Crippen LogP contribution is 2.15. The van der Waals surface area contributed by atoms with Crippen LogP contribution in [0.4, 0.5) is 0 Å². The maximum atomic E-state index is 11.9. The van der Waals surface area contributed by atoms with Crippen LogP contribution in [0.25, 0.3) is 0 Å². The average Bonchev–Trinajstić information content (AvgIpc) is 2.66. The smallest absolute Gasteiger partial charge is 0.339 e. The summed E-state index contributed by atoms with van der Waals surface area (Å²) in [4.78, 5) is 23.1. The molecule has 1 atom stereocenters. The van der Waals surface area contributed by atoms with E-state index in [2.05, 4.69) is 6.92 Å². The van der Waals surface area contributed by atoms with E-state index in [1.54, 1.807) is 0 Å². The number of Topliss-reactive ketones (excluding diaryl/α,β-unsaturated/α-hetero) is 1. The molecule has 1 aromatic rings. The van der Waals surface area contributed by atoms with Crippen molar-refractivity contribution in [3.05, 3.63) is 28.3 Å². The molecule has 0 amide bonds. The summed E-state index contributed by atoms with van der Waals surface area (Å²) in [5, 5.41) is 19.3. The van der Waals surface area contributed by atoms with E-state index < -0.39 is 5.63 Å². The highest BCUT2D eigenvalue weighted by Gasteiger charge is 2.08. The number of aromatic hydroxyl groups is 1. The Kier molecular flexibility index (Phi) is 14.2. The van der Waals surface area contributed by atoms with E-state index in [1.165, 1.54) is 51.0 Å². The molecule has 0 spiro atoms. The third-order valence-electron chi connectivity index (χ3n) is 5.31. The molecule has 0 bridgehead atoms. The number of carbonyl (C=O) groups excluding carboxylic acids is 1. The molecule has 0 aromatic carbocycles. The van der Waals surface area contributed by atoms with Crippen LogP contribution in [0.5, 0.6) is 5.75 Å². The monoisotopic (exact) mass is 408 g/mol. The van der Waals surface area contributed by atoms with Crippen LogP contribution >= 0.6 is 0 Å². The predicted octanol–water partition coefficient (Wildman–Crippen LogP) is 5.69. The molecule has 1 rings (SSSR count). The van der Waals surface area contributed by atoms with Crippen molar-refractivity contribution in [1.29, 1.82) is 0 Å². The highest BCUT2D eigenvalue weighted by atomic mass is 16.4. The standard InChI is InChI=1S/C24H40O5/c1-2-3-4-11-14-20(25)15-12-9-7-5-6-8-10-13-16-21(26)17-23-18-22(27)19-24(28)29-23/h18-20,25,27H,2-17H2,1H3. The molecule has 5 heteroatoms. The van der Waals surface area contributed by atoms with Gasteiger partial charge in [0.15, 0.2) is 0 Å². The van der Waals surface area contributed by atoms with Crippen molar-refractivity contribution in [2.24, 2.45) is 0 Å². The van der Waals surface area contributed by atoms with Gasteiger partial charge in [0.25, 0.3) is 0 Å². The van der Waals surface area contributed by atoms with Crippen molar-refractivity contribution < 1.29 is 19.4 Å². The molecule has 0 aliphatic carbocycles. The van der Waals surface area contributed by atoms with Crippen LogP contribution < -0.4 is 5.63 Å². The first-order valence-electron chi connectivity index (χ1n) is 11.5. The molecule has 5 nitrogen and oxygen atoms in total. The summed E-state index contributed by atoms with van der Waals surface area (Å²) in [5.74, 6) is 0.101. The summed E-state index contributed by atoms with van der Waals surface area (Å²) in [6.07, 6.45) is 16.2. The van der Waals surface area contributed by atoms with Crippen LogP contribution in [0.2, 0.25) is 0 Å². The Morgan fingerprint density at radius 1 is 0.897 bits per heavy atom. The Morgan fingerprint density at radius 3 is 2.03 bits per heavy atom. The molecule has 2 N–H and O–H groups in total. The van der Waals surface area contributed by atoms with Gasteiger partial charge in [-0.25, -0.2) is 4.79 Å². The molecular weight excluding hydrogens is 368 g/mol. The number of carbonyl (C=O) groups is 1. The molecule has 1 unspecified atom stereocenters. The summed E-state index contributed by atoms with van der Waals surface area (Å²) in [6.45, 7) is 2.21. The van der Waals surface area contributed by atoms with E-state index in [1.807, 2.05) is 0 Å². The molecule has 0 fully saturated rings. The number of unbranched alkanes of at least 4 members (excludes halogenated alkanes) is 10. The van der Waals surface area contributed by atoms with Crippen molar-refractivity contribution in [3.8, 4) is 5.75 Å². The van der Waals surface area contributed by atoms with Crippen LogP contribution in [0, 0.1) is 0 Å². The summed E-state index contributed by atoms with van der Waals surface area (Å²) in [6, 6.07) is 2.32. The average molecular weight is 409 g/mol. The fraction of sp³-hybridized carbons (Fsp3) is 0.750. The topological polar surface area (TPSA) is 87.7 Å². The molecule has 0 saturated heterocycles. The number of hydrogen-bond acceptors (Lipinski definition) is 5. The molecule has 0 radical (unpaired) electrons. The van der Waals surface area contributed by atoms with Crippen LogP contribution in [0.1, 0.15) is 109 Å². The van der Waals surface area contributed by atoms with E-state index in [4.69, 9.17) is 4.42 Å². The van der Waals surface area contributed by atoms with Crippen molar-refractivity contribution in [2.45, 2.75) is 116 Å². The zero-order valence-electron chi connectivity index (χ0n) is 18.2. The van der Waals surface area contributed by atoms with E-state index in [-0.39, 0.29) is 29.8 Å². The molecule has 1 heterocycles. The first kappa shape index (κ1) is 25.4. The molecule has 0 saturated carbocycles. The Balaban J connectivity index is 1.92. The maximum Gasteiger partial charge on any atom is 0.339 e. The molecule has 1 aromatic heterocycles. The lowest BCUT2D eigenvalue weighted by Gasteiger charge is -2.10. The summed E-state index contributed by atoms with van der Waals surface area (Å²) in [7, 11) is 0. The third kappa shape index (κ3) is 14.1. The highest BCUT2D eigenvalue weighted by molar-refractivity contribution is 5.80. The van der Waals surface area contributed by atoms with Gasteiger partial charge in [-0.3, -0.25) is 4.79 Å². The maximum absolute atomic E-state index is 11.9. The zero-order valence-corrected chi connectivity index (χ0v) is 18.2. The van der Waals surface area contributed by atoms with Crippen molar-refractivity contribution >= 4 is 5.78 Å². The van der Waals surface area contributed by atoms with Crippen LogP contribution in [0.3, 0.4) is 0 Å². The van der Waals surface area contributed by atoms with Crippen molar-refractivity contribution in [2.75, 3.05) is 0 Å². The summed E-state index contributed by atoms with van der Waals surface area (Å²) >= 11 is 0. The largest absolute Gasteiger partial charge is 0.508 e. The van der Waals surface area contributed by atoms with Crippen molar-refractivity contribution in [1.82, 2.24) is 0 Å². The van der Waals surface area contributed by atoms with Gasteiger partial charge >= 0.3 is 5.63 Å². The Labute approximate surface area is 175 Å². The van der Waals surface area contributed by atoms with Gasteiger partial charge in [-0.15, -0.1) is 0 Å². The minimum atomic E-state index is -0.630. The first-order chi connectivity index (χ1) is 14.0. The second-order valence-corrected chi connectivity index (χ2v) is 8.19. The van der Waals surface area contributed by atoms with E-state index in [0.29, 0.717) is 6.42 Å². The SMILES string of the molecule is CCCCCCC(O)CCCCCCCCCCC(=O)Cc1cc(O)cc(=O)o1. The summed E-state index contributed by atoms with van der Waals surface area (Å²) < 4.78 is 4.91. The molecule has 29 heavy (non-hydrogen) atoms. The van der Waals surface area contributed by atoms with Gasteiger partial charge in [0.1, 0.15) is 17.3 Å². The van der Waals surface area contributed by atoms with Crippen LogP contribution in [0.15, 0.2) is 21.3 Å². The fourth-order valence-electron chi connectivity index (χ4n) is 3.60. The van der Waals surface area contributed by atoms with Gasteiger partial charge in [0.2, 0.25) is 0 Å². The summed E-state index contributed by atoms with van der Waals surface area (Å²) in [5.41, 5.74) is -0.630. The van der Waals surface area contributed by atoms with Gasteiger partial charge < -0.3 is 14.6 Å². The number of aliphatic hydroxyl groups excluding tert-OH is 1. The lowest BCUT2D eigenvalue weighted by molar-refractivity contribution is -0.118. The van der Waals surface area contributed by atoms with Crippen molar-refractivity contribution in [3.63, 3.8) is 0 Å². The number of rotatable bonds is 18. The molecular formula is C24H40O5. The van der Waals surface area contributed by atoms with Gasteiger partial charge in [-0.1, -0.05) is 77.6 Å². The molecule has 166 valence electrons. The predicted molar refractivity (Wildman–Crippen MR) is 116 cm³/mol. The number of ketones is 1. The lowest BCUT2D eigenvalue weighted by atomic mass is 10.0. The van der Waals surface area contributed by atoms with E-state index in [9.17, 15) is 19.8 Å². The van der Waals surface area contributed by atoms with Crippen LogP contribution in [-0.2, 0) is 11.2 Å². The van der Waals surface area contributed by atoms with Gasteiger partial charge in [0, 0.05) is 12.5 Å². The van der Waals surface area contributed by atoms with Gasteiger partial charge in [-0.2, -0.15) is 0 Å².